The molecule has 0 radical (unpaired) electrons. The summed E-state index contributed by atoms with van der Waals surface area (Å²) >= 11 is 0. The number of rotatable bonds is 11. The van der Waals surface area contributed by atoms with Gasteiger partial charge in [-0.2, -0.15) is 0 Å². The molecule has 2 saturated heterocycles. The molecular formula is C26H50N4O3. The summed E-state index contributed by atoms with van der Waals surface area (Å²) in [5.74, 6) is 1.06. The highest BCUT2D eigenvalue weighted by atomic mass is 16.2. The van der Waals surface area contributed by atoms with Crippen LogP contribution in [0.2, 0.25) is 0 Å². The second-order valence-corrected chi connectivity index (χ2v) is 10.6. The Labute approximate surface area is 202 Å². The third kappa shape index (κ3) is 9.83. The topological polar surface area (TPSA) is 81.8 Å². The van der Waals surface area contributed by atoms with E-state index in [1.807, 2.05) is 32.8 Å². The third-order valence-electron chi connectivity index (χ3n) is 6.85. The minimum Gasteiger partial charge on any atom is -0.327 e. The molecule has 33 heavy (non-hydrogen) atoms. The Morgan fingerprint density at radius 3 is 1.85 bits per heavy atom. The number of carbonyl (C=O) groups is 3. The van der Waals surface area contributed by atoms with Crippen molar-refractivity contribution in [1.29, 1.82) is 0 Å². The summed E-state index contributed by atoms with van der Waals surface area (Å²) in [4.78, 5) is 39.8. The summed E-state index contributed by atoms with van der Waals surface area (Å²) in [6.07, 6.45) is 6.72. The molecule has 0 bridgehead atoms. The Morgan fingerprint density at radius 2 is 1.36 bits per heavy atom. The van der Waals surface area contributed by atoms with Crippen molar-refractivity contribution in [3.8, 4) is 0 Å². The fourth-order valence-electron chi connectivity index (χ4n) is 5.04. The zero-order valence-corrected chi connectivity index (χ0v) is 22.4. The molecule has 1 amide bonds. The Kier molecular flexibility index (Phi) is 13.4. The Balaban J connectivity index is 0.000000331. The van der Waals surface area contributed by atoms with Gasteiger partial charge in [-0.25, -0.2) is 0 Å². The Morgan fingerprint density at radius 1 is 0.818 bits per heavy atom. The average molecular weight is 467 g/mol. The van der Waals surface area contributed by atoms with Gasteiger partial charge in [-0.3, -0.25) is 19.3 Å². The van der Waals surface area contributed by atoms with Crippen molar-refractivity contribution >= 4 is 17.5 Å². The normalized spacial score (nSPS) is 22.9. The molecule has 0 aromatic carbocycles. The van der Waals surface area contributed by atoms with Crippen molar-refractivity contribution in [2.75, 3.05) is 33.7 Å². The van der Waals surface area contributed by atoms with Crippen LogP contribution >= 0.6 is 0 Å². The highest BCUT2D eigenvalue weighted by Gasteiger charge is 2.34. The van der Waals surface area contributed by atoms with Crippen molar-refractivity contribution in [3.63, 3.8) is 0 Å². The van der Waals surface area contributed by atoms with Crippen LogP contribution in [-0.2, 0) is 14.4 Å². The lowest BCUT2D eigenvalue weighted by atomic mass is 9.92. The van der Waals surface area contributed by atoms with E-state index in [-0.39, 0.29) is 23.8 Å². The van der Waals surface area contributed by atoms with E-state index in [9.17, 15) is 14.4 Å². The first-order valence-electron chi connectivity index (χ1n) is 12.9. The maximum atomic E-state index is 12.4. The van der Waals surface area contributed by atoms with Crippen molar-refractivity contribution in [1.82, 2.24) is 20.4 Å². The SMILES string of the molecule is CNC1CCCN1C(=O)[C@H](CC(C)C)C(C)=O.CNC1CCCN1C[C@H](CC(C)C)C(C)=O. The molecule has 2 unspecified atom stereocenters. The molecule has 2 heterocycles. The van der Waals surface area contributed by atoms with Crippen LogP contribution in [0.1, 0.15) is 80.1 Å². The first-order chi connectivity index (χ1) is 15.5. The number of amides is 1. The van der Waals surface area contributed by atoms with Gasteiger partial charge in [0.15, 0.2) is 0 Å². The number of hydrogen-bond acceptors (Lipinski definition) is 6. The molecule has 2 aliphatic rings. The molecule has 192 valence electrons. The minimum atomic E-state index is -0.455. The fraction of sp³-hybridized carbons (Fsp3) is 0.885. The number of likely N-dealkylation sites (tertiary alicyclic amines) is 2. The van der Waals surface area contributed by atoms with E-state index < -0.39 is 5.92 Å². The van der Waals surface area contributed by atoms with Crippen LogP contribution in [0, 0.1) is 23.7 Å². The standard InChI is InChI=1S/C13H24N2O2.C13H26N2O/c1-9(2)8-11(10(3)16)13(17)15-7-5-6-12(15)14-4;1-10(2)8-12(11(3)16)9-15-7-5-6-13(15)14-4/h9,11-12,14H,5-8H2,1-4H3;10,12-14H,5-9H2,1-4H3/t11-,12?;12-,13?/m10/s1. The van der Waals surface area contributed by atoms with Gasteiger partial charge in [0.2, 0.25) is 5.91 Å². The quantitative estimate of drug-likeness (QED) is 0.455. The molecule has 0 aromatic rings. The first kappa shape index (κ1) is 29.7. The van der Waals surface area contributed by atoms with Gasteiger partial charge < -0.3 is 15.5 Å². The summed E-state index contributed by atoms with van der Waals surface area (Å²) in [5.41, 5.74) is 0. The highest BCUT2D eigenvalue weighted by molar-refractivity contribution is 6.00. The van der Waals surface area contributed by atoms with Gasteiger partial charge in [0.05, 0.1) is 18.2 Å². The predicted octanol–water partition coefficient (Wildman–Crippen LogP) is 3.28. The molecule has 2 aliphatic heterocycles. The molecule has 0 aromatic heterocycles. The van der Waals surface area contributed by atoms with Crippen LogP contribution in [0.5, 0.6) is 0 Å². The molecule has 7 nitrogen and oxygen atoms in total. The summed E-state index contributed by atoms with van der Waals surface area (Å²) < 4.78 is 0. The first-order valence-corrected chi connectivity index (χ1v) is 12.9. The van der Waals surface area contributed by atoms with E-state index in [2.05, 4.69) is 29.4 Å². The zero-order valence-electron chi connectivity index (χ0n) is 22.4. The second kappa shape index (κ2) is 14.8. The summed E-state index contributed by atoms with van der Waals surface area (Å²) in [5, 5.41) is 6.46. The van der Waals surface area contributed by atoms with Crippen molar-refractivity contribution in [2.24, 2.45) is 23.7 Å². The molecule has 2 fully saturated rings. The van der Waals surface area contributed by atoms with Gasteiger partial charge >= 0.3 is 0 Å². The molecule has 0 aliphatic carbocycles. The van der Waals surface area contributed by atoms with E-state index in [1.165, 1.54) is 19.8 Å². The Bertz CT molecular complexity index is 623. The molecule has 2 rings (SSSR count). The zero-order chi connectivity index (χ0) is 25.1. The Hall–Kier alpha value is -1.31. The van der Waals surface area contributed by atoms with Crippen molar-refractivity contribution in [2.45, 2.75) is 92.4 Å². The largest absolute Gasteiger partial charge is 0.327 e. The number of nitrogens with one attached hydrogen (secondary N) is 2. The van der Waals surface area contributed by atoms with Gasteiger partial charge in [0, 0.05) is 19.0 Å². The maximum Gasteiger partial charge on any atom is 0.234 e. The van der Waals surface area contributed by atoms with Gasteiger partial charge in [0.1, 0.15) is 11.6 Å². The van der Waals surface area contributed by atoms with E-state index >= 15 is 0 Å². The van der Waals surface area contributed by atoms with Crippen molar-refractivity contribution < 1.29 is 14.4 Å². The van der Waals surface area contributed by atoms with Crippen LogP contribution in [0.3, 0.4) is 0 Å². The molecule has 4 atom stereocenters. The molecule has 7 heteroatoms. The summed E-state index contributed by atoms with van der Waals surface area (Å²) in [7, 11) is 3.87. The van der Waals surface area contributed by atoms with Crippen LogP contribution in [0.25, 0.3) is 0 Å². The number of Topliss-reactive ketones (excluding diaryl/α,β-unsaturated/α-hetero) is 2. The minimum absolute atomic E-state index is 0.00282. The third-order valence-corrected chi connectivity index (χ3v) is 6.85. The maximum absolute atomic E-state index is 12.4. The predicted molar refractivity (Wildman–Crippen MR) is 135 cm³/mol. The highest BCUT2D eigenvalue weighted by Crippen LogP contribution is 2.22. The van der Waals surface area contributed by atoms with Crippen molar-refractivity contribution in [3.05, 3.63) is 0 Å². The van der Waals surface area contributed by atoms with Crippen LogP contribution in [-0.4, -0.2) is 73.3 Å². The number of carbonyl (C=O) groups excluding carboxylic acids is 3. The van der Waals surface area contributed by atoms with E-state index in [4.69, 9.17) is 0 Å². The van der Waals surface area contributed by atoms with Gasteiger partial charge in [-0.15, -0.1) is 0 Å². The molecule has 0 spiro atoms. The number of hydrogen-bond donors (Lipinski definition) is 2. The fourth-order valence-corrected chi connectivity index (χ4v) is 5.04. The van der Waals surface area contributed by atoms with E-state index in [0.29, 0.717) is 30.2 Å². The second-order valence-electron chi connectivity index (χ2n) is 10.6. The van der Waals surface area contributed by atoms with Gasteiger partial charge in [0.25, 0.3) is 0 Å². The molecule has 0 saturated carbocycles. The monoisotopic (exact) mass is 466 g/mol. The summed E-state index contributed by atoms with van der Waals surface area (Å²) in [6.45, 7) is 14.6. The van der Waals surface area contributed by atoms with E-state index in [1.54, 1.807) is 6.92 Å². The molecular weight excluding hydrogens is 416 g/mol. The molecule has 2 N–H and O–H groups in total. The average Bonchev–Trinajstić information content (AvgIpc) is 3.39. The lowest BCUT2D eigenvalue weighted by Gasteiger charge is -2.28. The van der Waals surface area contributed by atoms with Crippen LogP contribution < -0.4 is 10.6 Å². The van der Waals surface area contributed by atoms with Gasteiger partial charge in [-0.1, -0.05) is 27.7 Å². The van der Waals surface area contributed by atoms with Crippen LogP contribution in [0.4, 0.5) is 0 Å². The van der Waals surface area contributed by atoms with Gasteiger partial charge in [-0.05, 0) is 84.8 Å². The number of ketones is 2. The van der Waals surface area contributed by atoms with Crippen LogP contribution in [0.15, 0.2) is 0 Å². The smallest absolute Gasteiger partial charge is 0.234 e. The number of nitrogens with zero attached hydrogens (tertiary/aromatic N) is 2. The lowest BCUT2D eigenvalue weighted by molar-refractivity contribution is -0.142. The lowest BCUT2D eigenvalue weighted by Crippen LogP contribution is -2.47. The summed E-state index contributed by atoms with van der Waals surface area (Å²) in [6, 6.07) is 0. The van der Waals surface area contributed by atoms with E-state index in [0.717, 1.165) is 38.9 Å².